The van der Waals surface area contributed by atoms with Crippen LogP contribution in [0.1, 0.15) is 20.8 Å². The Morgan fingerprint density at radius 2 is 2.11 bits per heavy atom. The zero-order chi connectivity index (χ0) is 13.6. The van der Waals surface area contributed by atoms with Gasteiger partial charge in [0.1, 0.15) is 5.82 Å². The Morgan fingerprint density at radius 3 is 2.74 bits per heavy atom. The molecule has 2 aromatic heterocycles. The summed E-state index contributed by atoms with van der Waals surface area (Å²) in [6.07, 6.45) is 0. The topological polar surface area (TPSA) is 66.0 Å². The number of carbonyl (C=O) groups is 1. The number of rotatable bonds is 2. The second-order valence-corrected chi connectivity index (χ2v) is 5.73. The Labute approximate surface area is 113 Å². The molecular weight excluding hydrogens is 260 g/mol. The molecule has 0 amide bonds. The number of H-pyrrole nitrogens is 1. The standard InChI is InChI=1S/C14H12N2O2S/c1-7-5-12(19-8(7)2)13-15-10-4-3-9(14(17)18)6-11(10)16-13/h3-6H,1-2H3,(H,15,16)(H,17,18). The van der Waals surface area contributed by atoms with E-state index in [1.54, 1.807) is 29.5 Å². The van der Waals surface area contributed by atoms with E-state index in [9.17, 15) is 4.79 Å². The number of nitrogens with one attached hydrogen (secondary N) is 1. The van der Waals surface area contributed by atoms with Crippen LogP contribution in [0, 0.1) is 13.8 Å². The second-order valence-electron chi connectivity index (χ2n) is 4.47. The van der Waals surface area contributed by atoms with Crippen LogP contribution in [0.5, 0.6) is 0 Å². The molecule has 2 N–H and O–H groups in total. The van der Waals surface area contributed by atoms with Gasteiger partial charge in [-0.2, -0.15) is 0 Å². The average Bonchev–Trinajstić information content (AvgIpc) is 2.92. The summed E-state index contributed by atoms with van der Waals surface area (Å²) in [5.74, 6) is -0.139. The SMILES string of the molecule is Cc1cc(-c2nc3ccc(C(=O)O)cc3[nH]2)sc1C. The summed E-state index contributed by atoms with van der Waals surface area (Å²) in [7, 11) is 0. The number of imidazole rings is 1. The van der Waals surface area contributed by atoms with E-state index >= 15 is 0 Å². The minimum absolute atomic E-state index is 0.265. The number of nitrogens with zero attached hydrogens (tertiary/aromatic N) is 1. The first-order valence-corrected chi connectivity index (χ1v) is 6.67. The minimum atomic E-state index is -0.930. The lowest BCUT2D eigenvalue weighted by Gasteiger charge is -1.92. The molecule has 0 fully saturated rings. The molecule has 0 aliphatic carbocycles. The molecule has 0 aliphatic rings. The third kappa shape index (κ3) is 2.02. The highest BCUT2D eigenvalue weighted by Gasteiger charge is 2.11. The van der Waals surface area contributed by atoms with Gasteiger partial charge in [-0.1, -0.05) is 0 Å². The Morgan fingerprint density at radius 1 is 1.32 bits per heavy atom. The van der Waals surface area contributed by atoms with E-state index in [1.165, 1.54) is 10.4 Å². The molecule has 0 saturated heterocycles. The van der Waals surface area contributed by atoms with Gasteiger partial charge in [0.2, 0.25) is 0 Å². The smallest absolute Gasteiger partial charge is 0.335 e. The number of carboxylic acid groups (broad SMARTS) is 1. The van der Waals surface area contributed by atoms with Crippen LogP contribution in [-0.4, -0.2) is 21.0 Å². The normalized spacial score (nSPS) is 11.1. The summed E-state index contributed by atoms with van der Waals surface area (Å²) in [6, 6.07) is 7.00. The molecule has 0 aliphatic heterocycles. The van der Waals surface area contributed by atoms with Gasteiger partial charge in [-0.05, 0) is 43.7 Å². The van der Waals surface area contributed by atoms with Crippen LogP contribution in [-0.2, 0) is 0 Å². The van der Waals surface area contributed by atoms with Gasteiger partial charge in [0, 0.05) is 4.88 Å². The molecule has 0 radical (unpaired) electrons. The lowest BCUT2D eigenvalue weighted by Crippen LogP contribution is -1.94. The van der Waals surface area contributed by atoms with Crippen LogP contribution in [0.15, 0.2) is 24.3 Å². The molecule has 0 saturated carbocycles. The van der Waals surface area contributed by atoms with Crippen LogP contribution < -0.4 is 0 Å². The summed E-state index contributed by atoms with van der Waals surface area (Å²) in [4.78, 5) is 21.0. The van der Waals surface area contributed by atoms with Crippen molar-refractivity contribution in [1.29, 1.82) is 0 Å². The van der Waals surface area contributed by atoms with Crippen LogP contribution >= 0.6 is 11.3 Å². The maximum atomic E-state index is 10.9. The fraction of sp³-hybridized carbons (Fsp3) is 0.143. The Hall–Kier alpha value is -2.14. The number of aromatic amines is 1. The van der Waals surface area contributed by atoms with Crippen molar-refractivity contribution < 1.29 is 9.90 Å². The van der Waals surface area contributed by atoms with Gasteiger partial charge in [-0.25, -0.2) is 9.78 Å². The first kappa shape index (κ1) is 11.9. The molecule has 4 nitrogen and oxygen atoms in total. The van der Waals surface area contributed by atoms with Crippen molar-refractivity contribution in [2.45, 2.75) is 13.8 Å². The first-order valence-electron chi connectivity index (χ1n) is 5.85. The predicted molar refractivity (Wildman–Crippen MR) is 75.8 cm³/mol. The number of thiophene rings is 1. The van der Waals surface area contributed by atoms with E-state index in [2.05, 4.69) is 29.9 Å². The van der Waals surface area contributed by atoms with Gasteiger partial charge in [-0.15, -0.1) is 11.3 Å². The second kappa shape index (κ2) is 4.20. The summed E-state index contributed by atoms with van der Waals surface area (Å²) >= 11 is 1.68. The molecule has 3 aromatic rings. The summed E-state index contributed by atoms with van der Waals surface area (Å²) in [6.45, 7) is 4.15. The van der Waals surface area contributed by atoms with E-state index in [1.807, 2.05) is 0 Å². The molecule has 0 atom stereocenters. The Bertz CT molecular complexity index is 766. The van der Waals surface area contributed by atoms with E-state index in [0.717, 1.165) is 21.7 Å². The van der Waals surface area contributed by atoms with Crippen molar-refractivity contribution in [2.75, 3.05) is 0 Å². The highest BCUT2D eigenvalue weighted by Crippen LogP contribution is 2.30. The highest BCUT2D eigenvalue weighted by molar-refractivity contribution is 7.15. The Kier molecular flexibility index (Phi) is 2.64. The number of fused-ring (bicyclic) bond motifs is 1. The van der Waals surface area contributed by atoms with Crippen LogP contribution in [0.2, 0.25) is 0 Å². The molecule has 0 bridgehead atoms. The molecule has 96 valence electrons. The lowest BCUT2D eigenvalue weighted by molar-refractivity contribution is 0.0697. The quantitative estimate of drug-likeness (QED) is 0.749. The molecule has 2 heterocycles. The Balaban J connectivity index is 2.13. The van der Waals surface area contributed by atoms with Gasteiger partial charge in [-0.3, -0.25) is 0 Å². The number of aromatic carboxylic acids is 1. The third-order valence-electron chi connectivity index (χ3n) is 3.13. The largest absolute Gasteiger partial charge is 0.478 e. The van der Waals surface area contributed by atoms with Crippen molar-refractivity contribution in [3.05, 3.63) is 40.3 Å². The maximum absolute atomic E-state index is 10.9. The van der Waals surface area contributed by atoms with Crippen LogP contribution in [0.4, 0.5) is 0 Å². The number of benzene rings is 1. The molecule has 0 spiro atoms. The zero-order valence-corrected chi connectivity index (χ0v) is 11.3. The molecule has 3 rings (SSSR count). The van der Waals surface area contributed by atoms with E-state index in [4.69, 9.17) is 5.11 Å². The summed E-state index contributed by atoms with van der Waals surface area (Å²) < 4.78 is 0. The maximum Gasteiger partial charge on any atom is 0.335 e. The molecule has 0 unspecified atom stereocenters. The average molecular weight is 272 g/mol. The molecule has 19 heavy (non-hydrogen) atoms. The molecule has 1 aromatic carbocycles. The molecular formula is C14H12N2O2S. The van der Waals surface area contributed by atoms with Crippen molar-refractivity contribution in [3.8, 4) is 10.7 Å². The van der Waals surface area contributed by atoms with Crippen molar-refractivity contribution in [1.82, 2.24) is 9.97 Å². The van der Waals surface area contributed by atoms with Gasteiger partial charge in [0.15, 0.2) is 0 Å². The van der Waals surface area contributed by atoms with Crippen molar-refractivity contribution in [3.63, 3.8) is 0 Å². The highest BCUT2D eigenvalue weighted by atomic mass is 32.1. The van der Waals surface area contributed by atoms with Crippen molar-refractivity contribution in [2.24, 2.45) is 0 Å². The fourth-order valence-electron chi connectivity index (χ4n) is 1.95. The monoisotopic (exact) mass is 272 g/mol. The van der Waals surface area contributed by atoms with Gasteiger partial charge in [0.25, 0.3) is 0 Å². The summed E-state index contributed by atoms with van der Waals surface area (Å²) in [5, 5.41) is 8.98. The molecule has 5 heteroatoms. The fourth-order valence-corrected chi connectivity index (χ4v) is 2.93. The number of hydrogen-bond acceptors (Lipinski definition) is 3. The van der Waals surface area contributed by atoms with E-state index in [-0.39, 0.29) is 5.56 Å². The van der Waals surface area contributed by atoms with Gasteiger partial charge >= 0.3 is 5.97 Å². The van der Waals surface area contributed by atoms with Gasteiger partial charge in [0.05, 0.1) is 21.5 Å². The lowest BCUT2D eigenvalue weighted by atomic mass is 10.2. The minimum Gasteiger partial charge on any atom is -0.478 e. The third-order valence-corrected chi connectivity index (χ3v) is 4.29. The number of carboxylic acids is 1. The van der Waals surface area contributed by atoms with Crippen molar-refractivity contribution >= 4 is 28.3 Å². The van der Waals surface area contributed by atoms with E-state index in [0.29, 0.717) is 0 Å². The predicted octanol–water partition coefficient (Wildman–Crippen LogP) is 3.61. The van der Waals surface area contributed by atoms with Gasteiger partial charge < -0.3 is 10.1 Å². The van der Waals surface area contributed by atoms with Crippen LogP contribution in [0.25, 0.3) is 21.7 Å². The number of aromatic nitrogens is 2. The number of hydrogen-bond donors (Lipinski definition) is 2. The summed E-state index contributed by atoms with van der Waals surface area (Å²) in [5.41, 5.74) is 3.04. The number of aryl methyl sites for hydroxylation is 2. The van der Waals surface area contributed by atoms with E-state index < -0.39 is 5.97 Å². The van der Waals surface area contributed by atoms with Crippen LogP contribution in [0.3, 0.4) is 0 Å². The zero-order valence-electron chi connectivity index (χ0n) is 10.5. The first-order chi connectivity index (χ1) is 9.04.